The number of pyridine rings is 1. The van der Waals surface area contributed by atoms with E-state index in [2.05, 4.69) is 32.4 Å². The predicted molar refractivity (Wildman–Crippen MR) is 59.5 cm³/mol. The molecule has 0 radical (unpaired) electrons. The van der Waals surface area contributed by atoms with E-state index >= 15 is 0 Å². The molecule has 0 spiro atoms. The van der Waals surface area contributed by atoms with Gasteiger partial charge in [0.1, 0.15) is 5.82 Å². The minimum absolute atomic E-state index is 0.681. The Balaban J connectivity index is 2.66. The van der Waals surface area contributed by atoms with Crippen LogP contribution in [0.25, 0.3) is 6.08 Å². The highest BCUT2D eigenvalue weighted by Crippen LogP contribution is 2.05. The maximum absolute atomic E-state index is 5.23. The van der Waals surface area contributed by atoms with E-state index in [0.29, 0.717) is 5.82 Å². The van der Waals surface area contributed by atoms with Gasteiger partial charge in [0.25, 0.3) is 0 Å². The summed E-state index contributed by atoms with van der Waals surface area (Å²) < 4.78 is 0. The van der Waals surface area contributed by atoms with Gasteiger partial charge in [-0.2, -0.15) is 0 Å². The van der Waals surface area contributed by atoms with Crippen molar-refractivity contribution in [2.75, 3.05) is 10.8 Å². The number of nitrogens with zero attached hydrogens (tertiary/aromatic N) is 1. The van der Waals surface area contributed by atoms with E-state index in [1.807, 2.05) is 24.3 Å². The van der Waals surface area contributed by atoms with Crippen molar-refractivity contribution in [1.82, 2.24) is 4.98 Å². The van der Waals surface area contributed by atoms with Crippen molar-refractivity contribution in [3.8, 4) is 0 Å². The van der Waals surface area contributed by atoms with Gasteiger partial charge in [-0.05, 0) is 24.6 Å². The first kappa shape index (κ1) is 10.2. The minimum atomic E-state index is 0.681. The summed E-state index contributed by atoms with van der Waals surface area (Å²) in [4.78, 5) is 4.22. The van der Waals surface area contributed by atoms with Crippen LogP contribution in [-0.4, -0.2) is 10.3 Å². The first-order chi connectivity index (χ1) is 6.36. The standard InChI is InChI=1S/C9H12BrN3/c10-7-2-1-4-8-5-3-6-9(12-8)13-11/h1,3-6H,2,7,11H2,(H,12,13). The molecule has 70 valence electrons. The molecule has 1 aromatic rings. The number of halogens is 1. The second kappa shape index (κ2) is 5.72. The van der Waals surface area contributed by atoms with E-state index in [1.54, 1.807) is 0 Å². The Morgan fingerprint density at radius 2 is 2.38 bits per heavy atom. The summed E-state index contributed by atoms with van der Waals surface area (Å²) in [6, 6.07) is 5.67. The highest BCUT2D eigenvalue weighted by atomic mass is 79.9. The number of nitrogens with one attached hydrogen (secondary N) is 1. The molecule has 0 unspecified atom stereocenters. The number of nitrogens with two attached hydrogens (primary N) is 1. The third-order valence-corrected chi connectivity index (χ3v) is 1.94. The summed E-state index contributed by atoms with van der Waals surface area (Å²) in [5.74, 6) is 5.91. The van der Waals surface area contributed by atoms with Gasteiger partial charge in [0, 0.05) is 5.33 Å². The maximum Gasteiger partial charge on any atom is 0.140 e. The Morgan fingerprint density at radius 3 is 3.08 bits per heavy atom. The monoisotopic (exact) mass is 241 g/mol. The summed E-state index contributed by atoms with van der Waals surface area (Å²) in [6.07, 6.45) is 5.04. The topological polar surface area (TPSA) is 50.9 Å². The van der Waals surface area contributed by atoms with Crippen molar-refractivity contribution in [1.29, 1.82) is 0 Å². The molecular weight excluding hydrogens is 230 g/mol. The Kier molecular flexibility index (Phi) is 4.49. The van der Waals surface area contributed by atoms with Gasteiger partial charge in [-0.3, -0.25) is 0 Å². The lowest BCUT2D eigenvalue weighted by Gasteiger charge is -1.98. The highest BCUT2D eigenvalue weighted by Gasteiger charge is 1.90. The van der Waals surface area contributed by atoms with Gasteiger partial charge in [-0.15, -0.1) is 0 Å². The van der Waals surface area contributed by atoms with Crippen molar-refractivity contribution >= 4 is 27.8 Å². The summed E-state index contributed by atoms with van der Waals surface area (Å²) in [5, 5.41) is 0.971. The molecule has 3 N–H and O–H groups in total. The van der Waals surface area contributed by atoms with Crippen LogP contribution in [0.3, 0.4) is 0 Å². The van der Waals surface area contributed by atoms with Crippen molar-refractivity contribution in [3.05, 3.63) is 30.0 Å². The van der Waals surface area contributed by atoms with Crippen LogP contribution in [-0.2, 0) is 0 Å². The Hall–Kier alpha value is -0.870. The molecule has 3 nitrogen and oxygen atoms in total. The van der Waals surface area contributed by atoms with Crippen molar-refractivity contribution in [2.24, 2.45) is 5.84 Å². The van der Waals surface area contributed by atoms with Gasteiger partial charge in [0.15, 0.2) is 0 Å². The second-order valence-corrected chi connectivity index (χ2v) is 3.27. The molecule has 4 heteroatoms. The maximum atomic E-state index is 5.23. The van der Waals surface area contributed by atoms with E-state index in [0.717, 1.165) is 17.4 Å². The van der Waals surface area contributed by atoms with Gasteiger partial charge >= 0.3 is 0 Å². The molecule has 1 rings (SSSR count). The summed E-state index contributed by atoms with van der Waals surface area (Å²) in [5.41, 5.74) is 3.42. The fourth-order valence-electron chi connectivity index (χ4n) is 0.892. The molecule has 1 heterocycles. The number of allylic oxidation sites excluding steroid dienone is 1. The van der Waals surface area contributed by atoms with Crippen LogP contribution in [0.5, 0.6) is 0 Å². The van der Waals surface area contributed by atoms with E-state index in [9.17, 15) is 0 Å². The zero-order chi connectivity index (χ0) is 9.52. The lowest BCUT2D eigenvalue weighted by Crippen LogP contribution is -2.08. The number of rotatable bonds is 4. The SMILES string of the molecule is NNc1cccc(C=CCCBr)n1. The number of nitrogen functional groups attached to an aromatic ring is 1. The Labute approximate surface area is 86.1 Å². The van der Waals surface area contributed by atoms with E-state index in [4.69, 9.17) is 5.84 Å². The first-order valence-corrected chi connectivity index (χ1v) is 5.15. The average Bonchev–Trinajstić information content (AvgIpc) is 2.19. The van der Waals surface area contributed by atoms with Gasteiger partial charge in [-0.1, -0.05) is 28.1 Å². The normalized spacial score (nSPS) is 10.6. The van der Waals surface area contributed by atoms with Gasteiger partial charge in [-0.25, -0.2) is 10.8 Å². The number of hydrogen-bond acceptors (Lipinski definition) is 3. The molecular formula is C9H12BrN3. The van der Waals surface area contributed by atoms with Crippen LogP contribution in [0.2, 0.25) is 0 Å². The van der Waals surface area contributed by atoms with Crippen molar-refractivity contribution in [2.45, 2.75) is 6.42 Å². The largest absolute Gasteiger partial charge is 0.308 e. The van der Waals surface area contributed by atoms with Crippen LogP contribution in [0.1, 0.15) is 12.1 Å². The number of anilines is 1. The molecule has 0 bridgehead atoms. The molecule has 0 aliphatic rings. The average molecular weight is 242 g/mol. The van der Waals surface area contributed by atoms with Crippen LogP contribution in [0.4, 0.5) is 5.82 Å². The van der Waals surface area contributed by atoms with Crippen LogP contribution in [0.15, 0.2) is 24.3 Å². The molecule has 0 aliphatic carbocycles. The van der Waals surface area contributed by atoms with Crippen molar-refractivity contribution < 1.29 is 0 Å². The molecule has 0 atom stereocenters. The minimum Gasteiger partial charge on any atom is -0.308 e. The lowest BCUT2D eigenvalue weighted by molar-refractivity contribution is 1.20. The zero-order valence-electron chi connectivity index (χ0n) is 7.20. The predicted octanol–water partition coefficient (Wildman–Crippen LogP) is 2.17. The molecule has 0 saturated heterocycles. The molecule has 0 aliphatic heterocycles. The summed E-state index contributed by atoms with van der Waals surface area (Å²) in [7, 11) is 0. The van der Waals surface area contributed by atoms with Crippen molar-refractivity contribution in [3.63, 3.8) is 0 Å². The van der Waals surface area contributed by atoms with E-state index in [1.165, 1.54) is 0 Å². The number of aromatic nitrogens is 1. The second-order valence-electron chi connectivity index (χ2n) is 2.47. The molecule has 0 fully saturated rings. The molecule has 0 saturated carbocycles. The highest BCUT2D eigenvalue weighted by molar-refractivity contribution is 9.09. The summed E-state index contributed by atoms with van der Waals surface area (Å²) in [6.45, 7) is 0. The smallest absolute Gasteiger partial charge is 0.140 e. The van der Waals surface area contributed by atoms with Crippen LogP contribution >= 0.6 is 15.9 Å². The van der Waals surface area contributed by atoms with E-state index in [-0.39, 0.29) is 0 Å². The van der Waals surface area contributed by atoms with Gasteiger partial charge in [0.05, 0.1) is 5.69 Å². The fourth-order valence-corrected chi connectivity index (χ4v) is 1.16. The number of alkyl halides is 1. The Morgan fingerprint density at radius 1 is 1.54 bits per heavy atom. The molecule has 0 amide bonds. The Bertz CT molecular complexity index is 286. The number of hydrazine groups is 1. The fraction of sp³-hybridized carbons (Fsp3) is 0.222. The summed E-state index contributed by atoms with van der Waals surface area (Å²) >= 11 is 3.35. The molecule has 1 aromatic heterocycles. The zero-order valence-corrected chi connectivity index (χ0v) is 8.79. The first-order valence-electron chi connectivity index (χ1n) is 4.03. The third kappa shape index (κ3) is 3.57. The number of hydrogen-bond donors (Lipinski definition) is 2. The quantitative estimate of drug-likeness (QED) is 0.483. The van der Waals surface area contributed by atoms with Crippen LogP contribution in [0, 0.1) is 0 Å². The third-order valence-electron chi connectivity index (χ3n) is 1.48. The lowest BCUT2D eigenvalue weighted by atomic mass is 10.3. The van der Waals surface area contributed by atoms with Gasteiger partial charge in [0.2, 0.25) is 0 Å². The van der Waals surface area contributed by atoms with Gasteiger partial charge < -0.3 is 5.43 Å². The molecule has 0 aromatic carbocycles. The van der Waals surface area contributed by atoms with Crippen LogP contribution < -0.4 is 11.3 Å². The van der Waals surface area contributed by atoms with E-state index < -0.39 is 0 Å². The molecule has 13 heavy (non-hydrogen) atoms.